The molecule has 0 saturated heterocycles. The summed E-state index contributed by atoms with van der Waals surface area (Å²) >= 11 is 0. The third kappa shape index (κ3) is 9.00. The monoisotopic (exact) mass is 214 g/mol. The summed E-state index contributed by atoms with van der Waals surface area (Å²) in [4.78, 5) is 21.9. The maximum absolute atomic E-state index is 11.0. The van der Waals surface area contributed by atoms with Crippen LogP contribution in [0.3, 0.4) is 0 Å². The minimum atomic E-state index is -0.510. The van der Waals surface area contributed by atoms with Gasteiger partial charge in [-0.05, 0) is 12.8 Å². The van der Waals surface area contributed by atoms with Crippen molar-refractivity contribution in [1.29, 1.82) is 0 Å². The van der Waals surface area contributed by atoms with E-state index in [4.69, 9.17) is 9.47 Å². The van der Waals surface area contributed by atoms with E-state index in [1.54, 1.807) is 0 Å². The molecule has 15 heavy (non-hydrogen) atoms. The molecule has 0 spiro atoms. The molecular formula is C11H18O4. The molecule has 0 saturated carbocycles. The Labute approximate surface area is 90.2 Å². The SMILES string of the molecule is CCCCOC(=O)/C=C\C(=O)OCCC. The minimum absolute atomic E-state index is 0.369. The number of hydrogen-bond acceptors (Lipinski definition) is 4. The first-order chi connectivity index (χ1) is 7.20. The van der Waals surface area contributed by atoms with Crippen LogP contribution in [0, 0.1) is 0 Å². The van der Waals surface area contributed by atoms with Crippen LogP contribution in [0.1, 0.15) is 33.1 Å². The van der Waals surface area contributed by atoms with Gasteiger partial charge in [0.15, 0.2) is 0 Å². The summed E-state index contributed by atoms with van der Waals surface area (Å²) in [6, 6.07) is 0. The van der Waals surface area contributed by atoms with Gasteiger partial charge in [0.2, 0.25) is 0 Å². The molecule has 0 N–H and O–H groups in total. The molecule has 0 bridgehead atoms. The van der Waals surface area contributed by atoms with Crippen molar-refractivity contribution in [1.82, 2.24) is 0 Å². The largest absolute Gasteiger partial charge is 0.463 e. The summed E-state index contributed by atoms with van der Waals surface area (Å²) in [6.07, 6.45) is 4.74. The van der Waals surface area contributed by atoms with Crippen LogP contribution in [-0.4, -0.2) is 25.2 Å². The van der Waals surface area contributed by atoms with E-state index in [0.29, 0.717) is 13.2 Å². The lowest BCUT2D eigenvalue weighted by molar-refractivity contribution is -0.140. The Morgan fingerprint density at radius 1 is 0.933 bits per heavy atom. The van der Waals surface area contributed by atoms with E-state index >= 15 is 0 Å². The smallest absolute Gasteiger partial charge is 0.331 e. The zero-order valence-corrected chi connectivity index (χ0v) is 9.32. The van der Waals surface area contributed by atoms with Crippen molar-refractivity contribution in [2.75, 3.05) is 13.2 Å². The molecule has 4 nitrogen and oxygen atoms in total. The molecule has 0 heterocycles. The fraction of sp³-hybridized carbons (Fsp3) is 0.636. The van der Waals surface area contributed by atoms with Gasteiger partial charge in [-0.3, -0.25) is 0 Å². The number of hydrogen-bond donors (Lipinski definition) is 0. The van der Waals surface area contributed by atoms with Crippen LogP contribution in [-0.2, 0) is 19.1 Å². The standard InChI is InChI=1S/C11H18O4/c1-3-5-9-15-11(13)7-6-10(12)14-8-4-2/h6-7H,3-5,8-9H2,1-2H3/b7-6-. The molecule has 0 aromatic heterocycles. The Hall–Kier alpha value is -1.32. The zero-order valence-electron chi connectivity index (χ0n) is 9.32. The molecule has 0 unspecified atom stereocenters. The lowest BCUT2D eigenvalue weighted by Gasteiger charge is -1.99. The Bertz CT molecular complexity index is 221. The van der Waals surface area contributed by atoms with E-state index < -0.39 is 11.9 Å². The van der Waals surface area contributed by atoms with Crippen LogP contribution in [0.15, 0.2) is 12.2 Å². The highest BCUT2D eigenvalue weighted by atomic mass is 16.5. The Morgan fingerprint density at radius 2 is 1.47 bits per heavy atom. The molecule has 0 aliphatic heterocycles. The highest BCUT2D eigenvalue weighted by molar-refractivity contribution is 5.91. The number of esters is 2. The van der Waals surface area contributed by atoms with Gasteiger partial charge < -0.3 is 9.47 Å². The topological polar surface area (TPSA) is 52.6 Å². The number of rotatable bonds is 7. The molecule has 0 aliphatic rings. The second-order valence-electron chi connectivity index (χ2n) is 3.02. The highest BCUT2D eigenvalue weighted by Gasteiger charge is 1.99. The van der Waals surface area contributed by atoms with E-state index in [2.05, 4.69) is 0 Å². The zero-order chi connectivity index (χ0) is 11.5. The van der Waals surface area contributed by atoms with E-state index in [0.717, 1.165) is 31.4 Å². The molecule has 0 radical (unpaired) electrons. The van der Waals surface area contributed by atoms with Crippen molar-refractivity contribution in [2.24, 2.45) is 0 Å². The Kier molecular flexibility index (Phi) is 8.43. The van der Waals surface area contributed by atoms with Crippen molar-refractivity contribution in [3.05, 3.63) is 12.2 Å². The van der Waals surface area contributed by atoms with Crippen LogP contribution in [0.4, 0.5) is 0 Å². The van der Waals surface area contributed by atoms with Crippen molar-refractivity contribution in [3.63, 3.8) is 0 Å². The van der Waals surface area contributed by atoms with Crippen LogP contribution >= 0.6 is 0 Å². The van der Waals surface area contributed by atoms with Gasteiger partial charge in [0.1, 0.15) is 0 Å². The molecular weight excluding hydrogens is 196 g/mol. The van der Waals surface area contributed by atoms with Crippen LogP contribution < -0.4 is 0 Å². The fourth-order valence-electron chi connectivity index (χ4n) is 0.752. The third-order valence-electron chi connectivity index (χ3n) is 1.55. The molecule has 0 aromatic rings. The van der Waals surface area contributed by atoms with E-state index in [1.165, 1.54) is 0 Å². The lowest BCUT2D eigenvalue weighted by atomic mass is 10.4. The predicted octanol–water partition coefficient (Wildman–Crippen LogP) is 1.84. The fourth-order valence-corrected chi connectivity index (χ4v) is 0.752. The molecule has 4 heteroatoms. The first-order valence-corrected chi connectivity index (χ1v) is 5.22. The average molecular weight is 214 g/mol. The summed E-state index contributed by atoms with van der Waals surface area (Å²) in [5, 5.41) is 0. The number of carbonyl (C=O) groups is 2. The first-order valence-electron chi connectivity index (χ1n) is 5.22. The molecule has 0 aliphatic carbocycles. The maximum atomic E-state index is 11.0. The van der Waals surface area contributed by atoms with Crippen LogP contribution in [0.2, 0.25) is 0 Å². The van der Waals surface area contributed by atoms with Crippen LogP contribution in [0.25, 0.3) is 0 Å². The van der Waals surface area contributed by atoms with E-state index in [9.17, 15) is 9.59 Å². The molecule has 0 rings (SSSR count). The van der Waals surface area contributed by atoms with Gasteiger partial charge in [0, 0.05) is 12.2 Å². The summed E-state index contributed by atoms with van der Waals surface area (Å²) in [7, 11) is 0. The Morgan fingerprint density at radius 3 is 1.93 bits per heavy atom. The summed E-state index contributed by atoms with van der Waals surface area (Å²) in [5.41, 5.74) is 0. The predicted molar refractivity (Wildman–Crippen MR) is 56.3 cm³/mol. The van der Waals surface area contributed by atoms with E-state index in [1.807, 2.05) is 13.8 Å². The summed E-state index contributed by atoms with van der Waals surface area (Å²) in [6.45, 7) is 4.67. The summed E-state index contributed by atoms with van der Waals surface area (Å²) < 4.78 is 9.54. The second-order valence-corrected chi connectivity index (χ2v) is 3.02. The minimum Gasteiger partial charge on any atom is -0.463 e. The molecule has 0 atom stereocenters. The summed E-state index contributed by atoms with van der Waals surface area (Å²) in [5.74, 6) is -1.01. The second kappa shape index (κ2) is 9.24. The van der Waals surface area contributed by atoms with Crippen molar-refractivity contribution >= 4 is 11.9 Å². The van der Waals surface area contributed by atoms with Crippen molar-refractivity contribution in [2.45, 2.75) is 33.1 Å². The number of unbranched alkanes of at least 4 members (excludes halogenated alkanes) is 1. The Balaban J connectivity index is 3.65. The molecule has 0 amide bonds. The quantitative estimate of drug-likeness (QED) is 0.368. The number of carbonyl (C=O) groups excluding carboxylic acids is 2. The number of ether oxygens (including phenoxy) is 2. The molecule has 86 valence electrons. The van der Waals surface area contributed by atoms with Gasteiger partial charge in [-0.25, -0.2) is 9.59 Å². The van der Waals surface area contributed by atoms with Gasteiger partial charge in [-0.2, -0.15) is 0 Å². The van der Waals surface area contributed by atoms with Gasteiger partial charge in [0.25, 0.3) is 0 Å². The highest BCUT2D eigenvalue weighted by Crippen LogP contribution is 1.91. The van der Waals surface area contributed by atoms with Gasteiger partial charge in [-0.1, -0.05) is 20.3 Å². The normalized spacial score (nSPS) is 10.3. The van der Waals surface area contributed by atoms with Crippen LogP contribution in [0.5, 0.6) is 0 Å². The van der Waals surface area contributed by atoms with Gasteiger partial charge in [0.05, 0.1) is 13.2 Å². The molecule has 0 aromatic carbocycles. The first kappa shape index (κ1) is 13.7. The third-order valence-corrected chi connectivity index (χ3v) is 1.55. The maximum Gasteiger partial charge on any atom is 0.331 e. The average Bonchev–Trinajstić information content (AvgIpc) is 2.24. The lowest BCUT2D eigenvalue weighted by Crippen LogP contribution is -2.05. The van der Waals surface area contributed by atoms with Crippen molar-refractivity contribution in [3.8, 4) is 0 Å². The molecule has 0 fully saturated rings. The van der Waals surface area contributed by atoms with Gasteiger partial charge >= 0.3 is 11.9 Å². The van der Waals surface area contributed by atoms with E-state index in [-0.39, 0.29) is 0 Å². The van der Waals surface area contributed by atoms with Crippen molar-refractivity contribution < 1.29 is 19.1 Å². The van der Waals surface area contributed by atoms with Gasteiger partial charge in [-0.15, -0.1) is 0 Å².